The van der Waals surface area contributed by atoms with Crippen molar-refractivity contribution < 1.29 is 9.53 Å². The average molecular weight is 185 g/mol. The molecule has 76 valence electrons. The number of rotatable bonds is 4. The highest BCUT2D eigenvalue weighted by atomic mass is 16.5. The Morgan fingerprint density at radius 3 is 2.46 bits per heavy atom. The second-order valence-electron chi connectivity index (χ2n) is 3.27. The molecule has 1 atom stereocenters. The number of carbonyl (C=O) groups excluding carboxylic acids is 1. The minimum atomic E-state index is -0.226. The quantitative estimate of drug-likeness (QED) is 0.490. The zero-order valence-corrected chi connectivity index (χ0v) is 9.13. The lowest BCUT2D eigenvalue weighted by Crippen LogP contribution is -2.23. The van der Waals surface area contributed by atoms with Crippen LogP contribution >= 0.6 is 0 Å². The van der Waals surface area contributed by atoms with E-state index in [2.05, 4.69) is 0 Å². The van der Waals surface area contributed by atoms with Crippen molar-refractivity contribution in [2.75, 3.05) is 20.7 Å². The summed E-state index contributed by atoms with van der Waals surface area (Å²) in [6.45, 7) is 6.04. The van der Waals surface area contributed by atoms with E-state index in [-0.39, 0.29) is 12.0 Å². The molecule has 0 radical (unpaired) electrons. The number of nitrogens with zero attached hydrogens (tertiary/aromatic N) is 1. The van der Waals surface area contributed by atoms with E-state index in [0.29, 0.717) is 12.2 Å². The molecule has 0 fully saturated rings. The Morgan fingerprint density at radius 2 is 2.08 bits per heavy atom. The predicted octanol–water partition coefficient (Wildman–Crippen LogP) is 1.45. The van der Waals surface area contributed by atoms with Crippen LogP contribution < -0.4 is 0 Å². The van der Waals surface area contributed by atoms with Crippen molar-refractivity contribution in [3.8, 4) is 0 Å². The molecule has 3 nitrogen and oxygen atoms in total. The minimum absolute atomic E-state index is 0.226. The van der Waals surface area contributed by atoms with Crippen molar-refractivity contribution >= 4 is 5.97 Å². The molecule has 13 heavy (non-hydrogen) atoms. The Bertz CT molecular complexity index is 197. The van der Waals surface area contributed by atoms with E-state index < -0.39 is 0 Å². The van der Waals surface area contributed by atoms with Gasteiger partial charge in [0.2, 0.25) is 0 Å². The summed E-state index contributed by atoms with van der Waals surface area (Å²) in [4.78, 5) is 13.2. The molecule has 0 saturated carbocycles. The fourth-order valence-corrected chi connectivity index (χ4v) is 0.824. The summed E-state index contributed by atoms with van der Waals surface area (Å²) in [5.74, 6) is -0.226. The van der Waals surface area contributed by atoms with Gasteiger partial charge in [-0.2, -0.15) is 0 Å². The summed E-state index contributed by atoms with van der Waals surface area (Å²) in [7, 11) is 3.94. The maximum Gasteiger partial charge on any atom is 0.333 e. The lowest BCUT2D eigenvalue weighted by Gasteiger charge is -2.16. The van der Waals surface area contributed by atoms with Crippen molar-refractivity contribution in [2.24, 2.45) is 0 Å². The Balaban J connectivity index is 4.22. The van der Waals surface area contributed by atoms with Gasteiger partial charge in [-0.15, -0.1) is 0 Å². The first-order chi connectivity index (χ1) is 5.99. The number of hydrogen-bond donors (Lipinski definition) is 0. The highest BCUT2D eigenvalue weighted by Gasteiger charge is 2.07. The molecule has 0 spiro atoms. The maximum absolute atomic E-state index is 11.2. The van der Waals surface area contributed by atoms with Gasteiger partial charge in [-0.3, -0.25) is 0 Å². The van der Waals surface area contributed by atoms with Gasteiger partial charge in [-0.25, -0.2) is 4.79 Å². The molecule has 0 aliphatic carbocycles. The van der Waals surface area contributed by atoms with E-state index in [0.717, 1.165) is 0 Å². The van der Waals surface area contributed by atoms with E-state index >= 15 is 0 Å². The first kappa shape index (κ1) is 12.2. The summed E-state index contributed by atoms with van der Waals surface area (Å²) in [6, 6.07) is 0.254. The van der Waals surface area contributed by atoms with Crippen LogP contribution in [0, 0.1) is 0 Å². The van der Waals surface area contributed by atoms with Crippen molar-refractivity contribution in [1.29, 1.82) is 0 Å². The van der Waals surface area contributed by atoms with Gasteiger partial charge in [0.25, 0.3) is 0 Å². The van der Waals surface area contributed by atoms with E-state index in [4.69, 9.17) is 4.74 Å². The Labute approximate surface area is 80.4 Å². The molecule has 0 bridgehead atoms. The Morgan fingerprint density at radius 1 is 1.54 bits per heavy atom. The molecule has 0 aromatic carbocycles. The lowest BCUT2D eigenvalue weighted by atomic mass is 10.2. The van der Waals surface area contributed by atoms with Crippen molar-refractivity contribution in [1.82, 2.24) is 4.90 Å². The van der Waals surface area contributed by atoms with E-state index in [1.165, 1.54) is 0 Å². The van der Waals surface area contributed by atoms with Crippen LogP contribution in [0.2, 0.25) is 0 Å². The molecule has 0 N–H and O–H groups in total. The first-order valence-electron chi connectivity index (χ1n) is 4.51. The molecule has 0 aromatic heterocycles. The SMILES string of the molecule is CCOC(=O)C(C)=CC(C)N(C)C. The van der Waals surface area contributed by atoms with E-state index in [9.17, 15) is 4.79 Å². The maximum atomic E-state index is 11.2. The molecular weight excluding hydrogens is 166 g/mol. The van der Waals surface area contributed by atoms with Crippen LogP contribution in [0.5, 0.6) is 0 Å². The minimum Gasteiger partial charge on any atom is -0.463 e. The summed E-state index contributed by atoms with van der Waals surface area (Å²) in [5, 5.41) is 0. The molecule has 0 heterocycles. The second-order valence-corrected chi connectivity index (χ2v) is 3.27. The van der Waals surface area contributed by atoms with E-state index in [1.807, 2.05) is 32.0 Å². The number of hydrogen-bond acceptors (Lipinski definition) is 3. The van der Waals surface area contributed by atoms with Gasteiger partial charge in [-0.1, -0.05) is 6.08 Å². The lowest BCUT2D eigenvalue weighted by molar-refractivity contribution is -0.138. The van der Waals surface area contributed by atoms with Crippen LogP contribution in [0.4, 0.5) is 0 Å². The second kappa shape index (κ2) is 5.75. The normalized spacial score (nSPS) is 14.5. The molecule has 0 aliphatic rings. The van der Waals surface area contributed by atoms with Crippen LogP contribution in [0.1, 0.15) is 20.8 Å². The van der Waals surface area contributed by atoms with Crippen molar-refractivity contribution in [2.45, 2.75) is 26.8 Å². The molecule has 0 rings (SSSR count). The monoisotopic (exact) mass is 185 g/mol. The number of esters is 1. The standard InChI is InChI=1S/C10H19NO2/c1-6-13-10(12)8(2)7-9(3)11(4)5/h7,9H,6H2,1-5H3. The Kier molecular flexibility index (Phi) is 5.39. The van der Waals surface area contributed by atoms with Crippen LogP contribution in [-0.2, 0) is 9.53 Å². The van der Waals surface area contributed by atoms with Gasteiger partial charge in [0.15, 0.2) is 0 Å². The third-order valence-electron chi connectivity index (χ3n) is 1.90. The average Bonchev–Trinajstić information content (AvgIpc) is 2.04. The fraction of sp³-hybridized carbons (Fsp3) is 0.700. The number of likely N-dealkylation sites (N-methyl/N-ethyl adjacent to an activating group) is 1. The van der Waals surface area contributed by atoms with Gasteiger partial charge in [0, 0.05) is 11.6 Å². The van der Waals surface area contributed by atoms with Crippen LogP contribution in [-0.4, -0.2) is 37.6 Å². The Hall–Kier alpha value is -0.830. The van der Waals surface area contributed by atoms with Crippen LogP contribution in [0.15, 0.2) is 11.6 Å². The predicted molar refractivity (Wildman–Crippen MR) is 53.5 cm³/mol. The summed E-state index contributed by atoms with van der Waals surface area (Å²) in [6.07, 6.45) is 1.90. The van der Waals surface area contributed by atoms with Gasteiger partial charge in [0.1, 0.15) is 0 Å². The summed E-state index contributed by atoms with van der Waals surface area (Å²) in [5.41, 5.74) is 0.669. The molecular formula is C10H19NO2. The molecule has 0 saturated heterocycles. The van der Waals surface area contributed by atoms with Crippen molar-refractivity contribution in [3.05, 3.63) is 11.6 Å². The summed E-state index contributed by atoms with van der Waals surface area (Å²) >= 11 is 0. The van der Waals surface area contributed by atoms with Gasteiger partial charge in [-0.05, 0) is 34.9 Å². The first-order valence-corrected chi connectivity index (χ1v) is 4.51. The molecule has 1 unspecified atom stereocenters. The molecule has 3 heteroatoms. The third kappa shape index (κ3) is 4.68. The van der Waals surface area contributed by atoms with Crippen LogP contribution in [0.3, 0.4) is 0 Å². The number of ether oxygens (including phenoxy) is 1. The van der Waals surface area contributed by atoms with Crippen molar-refractivity contribution in [3.63, 3.8) is 0 Å². The molecule has 0 aliphatic heterocycles. The molecule has 0 aromatic rings. The number of carbonyl (C=O) groups is 1. The van der Waals surface area contributed by atoms with Gasteiger partial charge in [0.05, 0.1) is 6.61 Å². The van der Waals surface area contributed by atoms with Gasteiger partial charge >= 0.3 is 5.97 Å². The van der Waals surface area contributed by atoms with Gasteiger partial charge < -0.3 is 9.64 Å². The zero-order chi connectivity index (χ0) is 10.4. The largest absolute Gasteiger partial charge is 0.463 e. The van der Waals surface area contributed by atoms with E-state index in [1.54, 1.807) is 13.8 Å². The topological polar surface area (TPSA) is 29.5 Å². The smallest absolute Gasteiger partial charge is 0.333 e. The zero-order valence-electron chi connectivity index (χ0n) is 9.13. The van der Waals surface area contributed by atoms with Crippen LogP contribution in [0.25, 0.3) is 0 Å². The third-order valence-corrected chi connectivity index (χ3v) is 1.90. The molecule has 0 amide bonds. The highest BCUT2D eigenvalue weighted by Crippen LogP contribution is 2.02. The fourth-order valence-electron chi connectivity index (χ4n) is 0.824. The summed E-state index contributed by atoms with van der Waals surface area (Å²) < 4.78 is 4.86. The highest BCUT2D eigenvalue weighted by molar-refractivity contribution is 5.87.